The zero-order valence-corrected chi connectivity index (χ0v) is 11.6. The molecule has 0 bridgehead atoms. The van der Waals surface area contributed by atoms with Crippen LogP contribution in [0, 0.1) is 5.82 Å². The Morgan fingerprint density at radius 1 is 1.55 bits per heavy atom. The molecule has 2 atom stereocenters. The van der Waals surface area contributed by atoms with Crippen LogP contribution >= 0.6 is 0 Å². The normalized spacial score (nSPS) is 21.1. The molecule has 0 radical (unpaired) electrons. The summed E-state index contributed by atoms with van der Waals surface area (Å²) in [4.78, 5) is 17.8. The summed E-state index contributed by atoms with van der Waals surface area (Å²) in [7, 11) is 0. The number of aromatic nitrogens is 1. The molecule has 1 aliphatic heterocycles. The Labute approximate surface area is 118 Å². The summed E-state index contributed by atoms with van der Waals surface area (Å²) >= 11 is 0. The molecule has 1 aliphatic rings. The lowest BCUT2D eigenvalue weighted by atomic mass is 9.97. The lowest BCUT2D eigenvalue weighted by molar-refractivity contribution is -0.129. The van der Waals surface area contributed by atoms with E-state index < -0.39 is 5.82 Å². The third kappa shape index (κ3) is 3.63. The zero-order valence-electron chi connectivity index (χ0n) is 11.6. The number of rotatable bonds is 3. The summed E-state index contributed by atoms with van der Waals surface area (Å²) in [5.41, 5.74) is 6.52. The summed E-state index contributed by atoms with van der Waals surface area (Å²) in [5, 5.41) is 0. The topological polar surface area (TPSA) is 59.2 Å². The van der Waals surface area contributed by atoms with Crippen LogP contribution in [0.5, 0.6) is 0 Å². The van der Waals surface area contributed by atoms with Crippen molar-refractivity contribution >= 4 is 12.0 Å². The van der Waals surface area contributed by atoms with Crippen LogP contribution in [-0.4, -0.2) is 34.4 Å². The van der Waals surface area contributed by atoms with Crippen molar-refractivity contribution in [1.82, 2.24) is 9.88 Å². The van der Waals surface area contributed by atoms with Crippen LogP contribution < -0.4 is 5.73 Å². The van der Waals surface area contributed by atoms with Crippen molar-refractivity contribution in [2.75, 3.05) is 6.54 Å². The third-order valence-corrected chi connectivity index (χ3v) is 3.58. The quantitative estimate of drug-likeness (QED) is 0.859. The molecular formula is C15H20FN3O. The van der Waals surface area contributed by atoms with Gasteiger partial charge in [0.1, 0.15) is 5.82 Å². The van der Waals surface area contributed by atoms with Crippen LogP contribution in [-0.2, 0) is 4.79 Å². The fraction of sp³-hybridized carbons (Fsp3) is 0.467. The standard InChI is InChI=1S/C15H20FN3O/c1-11(17)14-4-2-3-7-19(14)15(20)6-5-12-8-13(16)10-18-9-12/h5-6,8-11,14H,2-4,7,17H2,1H3/b6-5+. The molecule has 4 nitrogen and oxygen atoms in total. The molecule has 2 heterocycles. The van der Waals surface area contributed by atoms with E-state index in [-0.39, 0.29) is 18.0 Å². The number of carbonyl (C=O) groups excluding carboxylic acids is 1. The molecule has 2 rings (SSSR count). The van der Waals surface area contributed by atoms with Crippen LogP contribution in [0.2, 0.25) is 0 Å². The Balaban J connectivity index is 2.06. The first kappa shape index (κ1) is 14.7. The largest absolute Gasteiger partial charge is 0.335 e. The number of nitrogens with two attached hydrogens (primary N) is 1. The van der Waals surface area contributed by atoms with Gasteiger partial charge in [-0.1, -0.05) is 0 Å². The van der Waals surface area contributed by atoms with E-state index in [1.165, 1.54) is 18.3 Å². The number of hydrogen-bond donors (Lipinski definition) is 1. The molecule has 0 aromatic carbocycles. The average Bonchev–Trinajstić information content (AvgIpc) is 2.45. The van der Waals surface area contributed by atoms with E-state index in [0.717, 1.165) is 32.0 Å². The lowest BCUT2D eigenvalue weighted by Crippen LogP contribution is -2.51. The highest BCUT2D eigenvalue weighted by atomic mass is 19.1. The first-order valence-electron chi connectivity index (χ1n) is 6.93. The van der Waals surface area contributed by atoms with Crippen molar-refractivity contribution in [1.29, 1.82) is 0 Å². The van der Waals surface area contributed by atoms with Gasteiger partial charge in [0, 0.05) is 30.9 Å². The Morgan fingerprint density at radius 3 is 3.05 bits per heavy atom. The summed E-state index contributed by atoms with van der Waals surface area (Å²) in [6.45, 7) is 2.66. The highest BCUT2D eigenvalue weighted by molar-refractivity contribution is 5.92. The van der Waals surface area contributed by atoms with Gasteiger partial charge in [0.2, 0.25) is 5.91 Å². The predicted octanol–water partition coefficient (Wildman–Crippen LogP) is 1.96. The Morgan fingerprint density at radius 2 is 2.35 bits per heavy atom. The second-order valence-electron chi connectivity index (χ2n) is 5.22. The lowest BCUT2D eigenvalue weighted by Gasteiger charge is -2.37. The van der Waals surface area contributed by atoms with Gasteiger partial charge in [-0.05, 0) is 43.9 Å². The molecule has 1 amide bonds. The first-order valence-corrected chi connectivity index (χ1v) is 6.93. The van der Waals surface area contributed by atoms with Gasteiger partial charge < -0.3 is 10.6 Å². The second-order valence-corrected chi connectivity index (χ2v) is 5.22. The Kier molecular flexibility index (Phi) is 4.84. The minimum Gasteiger partial charge on any atom is -0.335 e. The van der Waals surface area contributed by atoms with Crippen molar-refractivity contribution in [3.8, 4) is 0 Å². The van der Waals surface area contributed by atoms with E-state index >= 15 is 0 Å². The minimum atomic E-state index is -0.411. The van der Waals surface area contributed by atoms with E-state index in [1.54, 1.807) is 6.08 Å². The highest BCUT2D eigenvalue weighted by Crippen LogP contribution is 2.19. The predicted molar refractivity (Wildman–Crippen MR) is 76.2 cm³/mol. The molecular weight excluding hydrogens is 257 g/mol. The molecule has 1 fully saturated rings. The molecule has 0 saturated carbocycles. The average molecular weight is 277 g/mol. The maximum Gasteiger partial charge on any atom is 0.246 e. The highest BCUT2D eigenvalue weighted by Gasteiger charge is 2.27. The van der Waals surface area contributed by atoms with Gasteiger partial charge in [-0.25, -0.2) is 4.39 Å². The van der Waals surface area contributed by atoms with Gasteiger partial charge in [-0.2, -0.15) is 0 Å². The fourth-order valence-electron chi connectivity index (χ4n) is 2.56. The number of hydrogen-bond acceptors (Lipinski definition) is 3. The summed E-state index contributed by atoms with van der Waals surface area (Å²) in [6.07, 6.45) is 8.76. The van der Waals surface area contributed by atoms with Crippen molar-refractivity contribution < 1.29 is 9.18 Å². The van der Waals surface area contributed by atoms with Gasteiger partial charge in [0.15, 0.2) is 0 Å². The number of carbonyl (C=O) groups is 1. The number of nitrogens with zero attached hydrogens (tertiary/aromatic N) is 2. The van der Waals surface area contributed by atoms with Crippen molar-refractivity contribution in [2.24, 2.45) is 5.73 Å². The number of piperidine rings is 1. The number of likely N-dealkylation sites (tertiary alicyclic amines) is 1. The van der Waals surface area contributed by atoms with Crippen molar-refractivity contribution in [3.63, 3.8) is 0 Å². The van der Waals surface area contributed by atoms with Crippen LogP contribution in [0.15, 0.2) is 24.5 Å². The van der Waals surface area contributed by atoms with Crippen LogP contribution in [0.1, 0.15) is 31.7 Å². The van der Waals surface area contributed by atoms with Crippen LogP contribution in [0.25, 0.3) is 6.08 Å². The SMILES string of the molecule is CC(N)C1CCCCN1C(=O)/C=C/c1cncc(F)c1. The minimum absolute atomic E-state index is 0.0384. The molecule has 20 heavy (non-hydrogen) atoms. The monoisotopic (exact) mass is 277 g/mol. The van der Waals surface area contributed by atoms with Gasteiger partial charge >= 0.3 is 0 Å². The first-order chi connectivity index (χ1) is 9.58. The van der Waals surface area contributed by atoms with Crippen LogP contribution in [0.3, 0.4) is 0 Å². The number of amides is 1. The Bertz CT molecular complexity index is 502. The molecule has 2 N–H and O–H groups in total. The van der Waals surface area contributed by atoms with Crippen molar-refractivity contribution in [2.45, 2.75) is 38.3 Å². The van der Waals surface area contributed by atoms with E-state index in [9.17, 15) is 9.18 Å². The van der Waals surface area contributed by atoms with E-state index in [2.05, 4.69) is 4.98 Å². The van der Waals surface area contributed by atoms with Gasteiger partial charge in [-0.15, -0.1) is 0 Å². The molecule has 1 saturated heterocycles. The van der Waals surface area contributed by atoms with Gasteiger partial charge in [-0.3, -0.25) is 9.78 Å². The summed E-state index contributed by atoms with van der Waals surface area (Å²) < 4.78 is 13.0. The molecule has 1 aromatic heterocycles. The summed E-state index contributed by atoms with van der Waals surface area (Å²) in [6, 6.07) is 1.39. The fourth-order valence-corrected chi connectivity index (χ4v) is 2.56. The molecule has 1 aromatic rings. The van der Waals surface area contributed by atoms with Gasteiger partial charge in [0.25, 0.3) is 0 Å². The van der Waals surface area contributed by atoms with E-state index in [1.807, 2.05) is 11.8 Å². The second kappa shape index (κ2) is 6.61. The maximum absolute atomic E-state index is 13.0. The Hall–Kier alpha value is -1.75. The van der Waals surface area contributed by atoms with E-state index in [0.29, 0.717) is 5.56 Å². The molecule has 0 aliphatic carbocycles. The van der Waals surface area contributed by atoms with E-state index in [4.69, 9.17) is 5.73 Å². The van der Waals surface area contributed by atoms with Crippen LogP contribution in [0.4, 0.5) is 4.39 Å². The molecule has 108 valence electrons. The maximum atomic E-state index is 13.0. The van der Waals surface area contributed by atoms with Gasteiger partial charge in [0.05, 0.1) is 6.20 Å². The third-order valence-electron chi connectivity index (χ3n) is 3.58. The molecule has 5 heteroatoms. The zero-order chi connectivity index (χ0) is 14.5. The molecule has 2 unspecified atom stereocenters. The summed E-state index contributed by atoms with van der Waals surface area (Å²) in [5.74, 6) is -0.484. The number of pyridine rings is 1. The number of halogens is 1. The smallest absolute Gasteiger partial charge is 0.246 e. The van der Waals surface area contributed by atoms with Crippen molar-refractivity contribution in [3.05, 3.63) is 35.9 Å². The molecule has 0 spiro atoms.